The molecule has 0 atom stereocenters. The lowest BCUT2D eigenvalue weighted by Crippen LogP contribution is -2.06. The number of alkyl halides is 3. The third-order valence-electron chi connectivity index (χ3n) is 2.11. The second-order valence-corrected chi connectivity index (χ2v) is 3.24. The van der Waals surface area contributed by atoms with Crippen molar-refractivity contribution in [1.82, 2.24) is 4.98 Å². The average molecular weight is 245 g/mol. The maximum atomic E-state index is 12.7. The highest BCUT2D eigenvalue weighted by molar-refractivity contribution is 5.66. The number of nitrogens with one attached hydrogen (secondary N) is 1. The number of hydrogen-bond acceptors (Lipinski definition) is 3. The number of oxazole rings is 1. The van der Waals surface area contributed by atoms with E-state index in [9.17, 15) is 23.1 Å². The molecule has 1 aromatic carbocycles. The van der Waals surface area contributed by atoms with Crippen molar-refractivity contribution in [3.05, 3.63) is 40.4 Å². The summed E-state index contributed by atoms with van der Waals surface area (Å²) in [5.74, 6) is -2.27. The molecule has 0 fully saturated rings. The van der Waals surface area contributed by atoms with Gasteiger partial charge in [-0.1, -0.05) is 18.2 Å². The maximum Gasteiger partial charge on any atom is 0.419 e. The Morgan fingerprint density at radius 3 is 2.41 bits per heavy atom. The molecule has 1 heterocycles. The van der Waals surface area contributed by atoms with Crippen LogP contribution in [0.3, 0.4) is 0 Å². The van der Waals surface area contributed by atoms with Crippen molar-refractivity contribution in [2.45, 2.75) is 6.18 Å². The van der Waals surface area contributed by atoms with Crippen molar-refractivity contribution in [2.24, 2.45) is 0 Å². The van der Waals surface area contributed by atoms with E-state index in [-0.39, 0.29) is 0 Å². The predicted octanol–water partition coefficient (Wildman–Crippen LogP) is 2.36. The van der Waals surface area contributed by atoms with Crippen molar-refractivity contribution in [1.29, 1.82) is 0 Å². The van der Waals surface area contributed by atoms with Gasteiger partial charge in [0.15, 0.2) is 0 Å². The number of benzene rings is 1. The van der Waals surface area contributed by atoms with E-state index in [0.717, 1.165) is 12.1 Å². The zero-order valence-electron chi connectivity index (χ0n) is 8.21. The summed E-state index contributed by atoms with van der Waals surface area (Å²) in [6.45, 7) is 0. The van der Waals surface area contributed by atoms with E-state index in [0.29, 0.717) is 0 Å². The average Bonchev–Trinajstić information content (AvgIpc) is 2.56. The number of hydrogen-bond donors (Lipinski definition) is 2. The monoisotopic (exact) mass is 245 g/mol. The molecule has 2 N–H and O–H groups in total. The van der Waals surface area contributed by atoms with E-state index in [1.807, 2.05) is 4.98 Å². The smallest absolute Gasteiger partial charge is 0.419 e. The van der Waals surface area contributed by atoms with Gasteiger partial charge >= 0.3 is 11.9 Å². The first-order valence-electron chi connectivity index (χ1n) is 4.48. The van der Waals surface area contributed by atoms with Crippen LogP contribution in [0.25, 0.3) is 11.3 Å². The summed E-state index contributed by atoms with van der Waals surface area (Å²) < 4.78 is 42.5. The normalized spacial score (nSPS) is 11.7. The number of halogens is 3. The Morgan fingerprint density at radius 1 is 1.24 bits per heavy atom. The number of aromatic hydroxyl groups is 1. The van der Waals surface area contributed by atoms with E-state index in [2.05, 4.69) is 4.42 Å². The van der Waals surface area contributed by atoms with Crippen LogP contribution in [-0.2, 0) is 6.18 Å². The summed E-state index contributed by atoms with van der Waals surface area (Å²) in [6, 6.07) is 4.49. The quantitative estimate of drug-likeness (QED) is 0.810. The highest BCUT2D eigenvalue weighted by atomic mass is 19.4. The van der Waals surface area contributed by atoms with Gasteiger partial charge < -0.3 is 9.52 Å². The molecule has 17 heavy (non-hydrogen) atoms. The molecule has 0 aliphatic heterocycles. The number of H-pyrrole nitrogens is 1. The van der Waals surface area contributed by atoms with Gasteiger partial charge in [0.25, 0.3) is 0 Å². The molecular formula is C10H6F3NO3. The summed E-state index contributed by atoms with van der Waals surface area (Å²) >= 11 is 0. The fourth-order valence-electron chi connectivity index (χ4n) is 1.43. The van der Waals surface area contributed by atoms with Gasteiger partial charge in [0.1, 0.15) is 0 Å². The molecule has 7 heteroatoms. The summed E-state index contributed by atoms with van der Waals surface area (Å²) in [5.41, 5.74) is -1.38. The summed E-state index contributed by atoms with van der Waals surface area (Å²) in [6.07, 6.45) is -4.60. The first kappa shape index (κ1) is 11.3. The second kappa shape index (κ2) is 3.69. The Bertz CT molecular complexity index is 597. The molecule has 1 aromatic heterocycles. The Kier molecular flexibility index (Phi) is 2.45. The minimum atomic E-state index is -4.60. The van der Waals surface area contributed by atoms with Crippen LogP contribution in [0.15, 0.2) is 33.5 Å². The molecule has 2 aromatic rings. The Morgan fingerprint density at radius 2 is 1.88 bits per heavy atom. The van der Waals surface area contributed by atoms with Crippen LogP contribution in [0.5, 0.6) is 5.88 Å². The van der Waals surface area contributed by atoms with Gasteiger partial charge in [-0.25, -0.2) is 4.79 Å². The minimum Gasteiger partial charge on any atom is -0.492 e. The SMILES string of the molecule is O=c1[nH]c(O)c(-c2ccccc2C(F)(F)F)o1. The highest BCUT2D eigenvalue weighted by Crippen LogP contribution is 2.38. The van der Waals surface area contributed by atoms with E-state index in [1.54, 1.807) is 0 Å². The Hall–Kier alpha value is -2.18. The summed E-state index contributed by atoms with van der Waals surface area (Å²) in [4.78, 5) is 12.6. The molecule has 0 spiro atoms. The fraction of sp³-hybridized carbons (Fsp3) is 0.100. The molecule has 0 saturated carbocycles. The van der Waals surface area contributed by atoms with Gasteiger partial charge in [0.05, 0.1) is 5.56 Å². The minimum absolute atomic E-state index is 0.393. The van der Waals surface area contributed by atoms with Crippen LogP contribution in [0.4, 0.5) is 13.2 Å². The van der Waals surface area contributed by atoms with Gasteiger partial charge in [0, 0.05) is 5.56 Å². The van der Waals surface area contributed by atoms with Crippen LogP contribution in [0, 0.1) is 0 Å². The van der Waals surface area contributed by atoms with Gasteiger partial charge in [-0.2, -0.15) is 13.2 Å². The second-order valence-electron chi connectivity index (χ2n) is 3.24. The van der Waals surface area contributed by atoms with Gasteiger partial charge in [-0.3, -0.25) is 4.98 Å². The predicted molar refractivity (Wildman–Crippen MR) is 51.4 cm³/mol. The van der Waals surface area contributed by atoms with Crippen LogP contribution in [0.1, 0.15) is 5.56 Å². The molecule has 0 aliphatic carbocycles. The van der Waals surface area contributed by atoms with Crippen molar-refractivity contribution < 1.29 is 22.7 Å². The van der Waals surface area contributed by atoms with Crippen molar-refractivity contribution in [3.63, 3.8) is 0 Å². The Balaban J connectivity index is 2.68. The molecule has 2 rings (SSSR count). The fourth-order valence-corrected chi connectivity index (χ4v) is 1.43. The third kappa shape index (κ3) is 2.03. The number of rotatable bonds is 1. The van der Waals surface area contributed by atoms with E-state index in [4.69, 9.17) is 0 Å². The maximum absolute atomic E-state index is 12.7. The molecule has 0 radical (unpaired) electrons. The van der Waals surface area contributed by atoms with Crippen molar-refractivity contribution in [2.75, 3.05) is 0 Å². The van der Waals surface area contributed by atoms with Crippen LogP contribution < -0.4 is 5.76 Å². The highest BCUT2D eigenvalue weighted by Gasteiger charge is 2.35. The number of aromatic amines is 1. The molecule has 0 saturated heterocycles. The third-order valence-corrected chi connectivity index (χ3v) is 2.11. The van der Waals surface area contributed by atoms with Crippen LogP contribution in [-0.4, -0.2) is 10.1 Å². The standard InChI is InChI=1S/C10H6F3NO3/c11-10(12,13)6-4-2-1-3-5(6)7-8(15)14-9(16)17-7/h1-4,15H,(H,14,16). The molecule has 4 nitrogen and oxygen atoms in total. The molecular weight excluding hydrogens is 239 g/mol. The zero-order chi connectivity index (χ0) is 12.6. The topological polar surface area (TPSA) is 66.2 Å². The van der Waals surface area contributed by atoms with E-state index < -0.39 is 34.7 Å². The lowest BCUT2D eigenvalue weighted by atomic mass is 10.1. The number of aromatic nitrogens is 1. The van der Waals surface area contributed by atoms with Gasteiger partial charge in [-0.15, -0.1) is 0 Å². The van der Waals surface area contributed by atoms with Gasteiger partial charge in [-0.05, 0) is 6.07 Å². The largest absolute Gasteiger partial charge is 0.492 e. The summed E-state index contributed by atoms with van der Waals surface area (Å²) in [7, 11) is 0. The molecule has 0 aliphatic rings. The lowest BCUT2D eigenvalue weighted by Gasteiger charge is -2.10. The molecule has 0 bridgehead atoms. The first-order chi connectivity index (χ1) is 7.89. The molecule has 0 unspecified atom stereocenters. The zero-order valence-corrected chi connectivity index (χ0v) is 8.21. The van der Waals surface area contributed by atoms with Gasteiger partial charge in [0.2, 0.25) is 11.6 Å². The van der Waals surface area contributed by atoms with E-state index >= 15 is 0 Å². The summed E-state index contributed by atoms with van der Waals surface area (Å²) in [5, 5.41) is 9.26. The van der Waals surface area contributed by atoms with Crippen molar-refractivity contribution >= 4 is 0 Å². The Labute approximate surface area is 92.3 Å². The molecule has 90 valence electrons. The van der Waals surface area contributed by atoms with E-state index in [1.165, 1.54) is 12.1 Å². The van der Waals surface area contributed by atoms with Crippen LogP contribution >= 0.6 is 0 Å². The molecule has 0 amide bonds. The van der Waals surface area contributed by atoms with Crippen LogP contribution in [0.2, 0.25) is 0 Å². The first-order valence-corrected chi connectivity index (χ1v) is 4.48. The lowest BCUT2D eigenvalue weighted by molar-refractivity contribution is -0.137. The van der Waals surface area contributed by atoms with Crippen molar-refractivity contribution in [3.8, 4) is 17.2 Å².